The molecule has 1 fully saturated rings. The van der Waals surface area contributed by atoms with Gasteiger partial charge < -0.3 is 5.11 Å². The van der Waals surface area contributed by atoms with E-state index in [1.807, 2.05) is 6.92 Å². The standard InChI is InChI=1S/C14H15Cl2NO3S/c1-2-10-8-13(10)17-21(19,20)14-11(15)6-9(4-3-5-18)7-12(14)16/h6-7,10,13,17-18H,2,5,8H2,1H3. The van der Waals surface area contributed by atoms with E-state index < -0.39 is 10.0 Å². The highest BCUT2D eigenvalue weighted by Gasteiger charge is 2.39. The maximum atomic E-state index is 12.4. The molecule has 2 N–H and O–H groups in total. The number of rotatable bonds is 4. The van der Waals surface area contributed by atoms with E-state index in [1.165, 1.54) is 12.1 Å². The monoisotopic (exact) mass is 347 g/mol. The van der Waals surface area contributed by atoms with Crippen molar-refractivity contribution in [3.8, 4) is 11.8 Å². The molecule has 0 saturated heterocycles. The van der Waals surface area contributed by atoms with Crippen LogP contribution in [-0.2, 0) is 10.0 Å². The number of halogens is 2. The largest absolute Gasteiger partial charge is 0.384 e. The van der Waals surface area contributed by atoms with E-state index in [0.29, 0.717) is 11.5 Å². The van der Waals surface area contributed by atoms with Crippen molar-refractivity contribution in [2.45, 2.75) is 30.7 Å². The van der Waals surface area contributed by atoms with Gasteiger partial charge in [0.15, 0.2) is 0 Å². The summed E-state index contributed by atoms with van der Waals surface area (Å²) >= 11 is 12.1. The molecule has 7 heteroatoms. The van der Waals surface area contributed by atoms with Gasteiger partial charge in [-0.25, -0.2) is 13.1 Å². The van der Waals surface area contributed by atoms with E-state index in [2.05, 4.69) is 16.6 Å². The summed E-state index contributed by atoms with van der Waals surface area (Å²) in [4.78, 5) is -0.123. The molecule has 1 saturated carbocycles. The molecule has 114 valence electrons. The van der Waals surface area contributed by atoms with Crippen molar-refractivity contribution >= 4 is 33.2 Å². The van der Waals surface area contributed by atoms with Crippen molar-refractivity contribution in [2.24, 2.45) is 5.92 Å². The normalized spacial score (nSPS) is 20.8. The molecule has 2 unspecified atom stereocenters. The molecule has 4 nitrogen and oxygen atoms in total. The van der Waals surface area contributed by atoms with Crippen molar-refractivity contribution < 1.29 is 13.5 Å². The van der Waals surface area contributed by atoms with E-state index in [1.54, 1.807) is 0 Å². The first kappa shape index (κ1) is 16.6. The van der Waals surface area contributed by atoms with E-state index in [4.69, 9.17) is 28.3 Å². The molecule has 1 aliphatic carbocycles. The third-order valence-corrected chi connectivity index (χ3v) is 5.74. The number of benzene rings is 1. The lowest BCUT2D eigenvalue weighted by Crippen LogP contribution is -2.27. The van der Waals surface area contributed by atoms with Gasteiger partial charge in [0, 0.05) is 11.6 Å². The van der Waals surface area contributed by atoms with E-state index in [9.17, 15) is 8.42 Å². The fourth-order valence-electron chi connectivity index (χ4n) is 2.13. The molecule has 0 heterocycles. The lowest BCUT2D eigenvalue weighted by Gasteiger charge is -2.10. The second kappa shape index (κ2) is 6.55. The summed E-state index contributed by atoms with van der Waals surface area (Å²) < 4.78 is 27.3. The SMILES string of the molecule is CCC1CC1NS(=O)(=O)c1c(Cl)cc(C#CCO)cc1Cl. The van der Waals surface area contributed by atoms with Crippen LogP contribution in [0.2, 0.25) is 10.0 Å². The molecule has 0 aromatic heterocycles. The van der Waals surface area contributed by atoms with Crippen LogP contribution in [0.4, 0.5) is 0 Å². The van der Waals surface area contributed by atoms with Gasteiger partial charge in [-0.3, -0.25) is 0 Å². The minimum absolute atomic E-state index is 0.0194. The topological polar surface area (TPSA) is 66.4 Å². The first-order chi connectivity index (χ1) is 9.89. The zero-order valence-electron chi connectivity index (χ0n) is 11.4. The summed E-state index contributed by atoms with van der Waals surface area (Å²) in [5, 5.41) is 8.70. The summed E-state index contributed by atoms with van der Waals surface area (Å²) in [5.41, 5.74) is 0.454. The Hall–Kier alpha value is -0.770. The Morgan fingerprint density at radius 1 is 1.38 bits per heavy atom. The van der Waals surface area contributed by atoms with Crippen molar-refractivity contribution in [3.63, 3.8) is 0 Å². The number of hydrogen-bond acceptors (Lipinski definition) is 3. The summed E-state index contributed by atoms with van der Waals surface area (Å²) in [6.45, 7) is 1.73. The van der Waals surface area contributed by atoms with Crippen LogP contribution in [0.15, 0.2) is 17.0 Å². The highest BCUT2D eigenvalue weighted by molar-refractivity contribution is 7.89. The lowest BCUT2D eigenvalue weighted by molar-refractivity contribution is 0.350. The molecule has 21 heavy (non-hydrogen) atoms. The summed E-state index contributed by atoms with van der Waals surface area (Å²) in [7, 11) is -3.75. The van der Waals surface area contributed by atoms with Gasteiger partial charge in [-0.15, -0.1) is 0 Å². The number of aliphatic hydroxyl groups excluding tert-OH is 1. The number of aliphatic hydroxyl groups is 1. The van der Waals surface area contributed by atoms with Gasteiger partial charge in [0.05, 0.1) is 10.0 Å². The van der Waals surface area contributed by atoms with E-state index >= 15 is 0 Å². The van der Waals surface area contributed by atoms with Gasteiger partial charge in [0.25, 0.3) is 0 Å². The number of sulfonamides is 1. The van der Waals surface area contributed by atoms with Gasteiger partial charge in [-0.1, -0.05) is 48.4 Å². The fraction of sp³-hybridized carbons (Fsp3) is 0.429. The molecule has 0 radical (unpaired) electrons. The summed E-state index contributed by atoms with van der Waals surface area (Å²) in [6, 6.07) is 2.81. The van der Waals surface area contributed by atoms with Crippen LogP contribution in [0.25, 0.3) is 0 Å². The average Bonchev–Trinajstić information content (AvgIpc) is 3.12. The quantitative estimate of drug-likeness (QED) is 0.822. The van der Waals surface area contributed by atoms with Crippen LogP contribution < -0.4 is 4.72 Å². The molecule has 0 spiro atoms. The molecule has 1 aromatic rings. The molecule has 2 rings (SSSR count). The van der Waals surface area contributed by atoms with Crippen molar-refractivity contribution in [2.75, 3.05) is 6.61 Å². The van der Waals surface area contributed by atoms with Crippen LogP contribution in [0, 0.1) is 17.8 Å². The van der Waals surface area contributed by atoms with Crippen molar-refractivity contribution in [1.82, 2.24) is 4.72 Å². The van der Waals surface area contributed by atoms with Crippen LogP contribution in [0.3, 0.4) is 0 Å². The molecule has 1 aliphatic rings. The van der Waals surface area contributed by atoms with Crippen LogP contribution in [-0.4, -0.2) is 26.2 Å². The van der Waals surface area contributed by atoms with Crippen molar-refractivity contribution in [3.05, 3.63) is 27.7 Å². The maximum absolute atomic E-state index is 12.4. The first-order valence-electron chi connectivity index (χ1n) is 6.50. The molecular formula is C14H15Cl2NO3S. The maximum Gasteiger partial charge on any atom is 0.243 e. The van der Waals surface area contributed by atoms with E-state index in [-0.39, 0.29) is 27.6 Å². The fourth-order valence-corrected chi connectivity index (χ4v) is 4.66. The van der Waals surface area contributed by atoms with Crippen molar-refractivity contribution in [1.29, 1.82) is 0 Å². The Labute approximate surface area is 134 Å². The number of hydrogen-bond donors (Lipinski definition) is 2. The third kappa shape index (κ3) is 3.91. The minimum Gasteiger partial charge on any atom is -0.384 e. The summed E-state index contributed by atoms with van der Waals surface area (Å²) in [6.07, 6.45) is 1.77. The van der Waals surface area contributed by atoms with Gasteiger partial charge in [0.1, 0.15) is 11.5 Å². The first-order valence-corrected chi connectivity index (χ1v) is 8.74. The smallest absolute Gasteiger partial charge is 0.243 e. The molecule has 0 aliphatic heterocycles. The Morgan fingerprint density at radius 3 is 2.48 bits per heavy atom. The summed E-state index contributed by atoms with van der Waals surface area (Å²) in [5.74, 6) is 5.48. The highest BCUT2D eigenvalue weighted by atomic mass is 35.5. The Balaban J connectivity index is 2.31. The Morgan fingerprint density at radius 2 is 2.00 bits per heavy atom. The van der Waals surface area contributed by atoms with Crippen LogP contribution in [0.1, 0.15) is 25.3 Å². The molecule has 0 amide bonds. The van der Waals surface area contributed by atoms with Gasteiger partial charge in [0.2, 0.25) is 10.0 Å². The second-order valence-corrected chi connectivity index (χ2v) is 7.33. The molecule has 2 atom stereocenters. The predicted molar refractivity (Wildman–Crippen MR) is 82.9 cm³/mol. The minimum atomic E-state index is -3.75. The third-order valence-electron chi connectivity index (χ3n) is 3.33. The second-order valence-electron chi connectivity index (χ2n) is 4.86. The zero-order chi connectivity index (χ0) is 15.6. The number of nitrogens with one attached hydrogen (secondary N) is 1. The van der Waals surface area contributed by atoms with E-state index in [0.717, 1.165) is 12.8 Å². The van der Waals surface area contributed by atoms with Crippen LogP contribution >= 0.6 is 23.2 Å². The predicted octanol–water partition coefficient (Wildman–Crippen LogP) is 2.41. The van der Waals surface area contributed by atoms with Crippen LogP contribution in [0.5, 0.6) is 0 Å². The molecule has 1 aromatic carbocycles. The van der Waals surface area contributed by atoms with Gasteiger partial charge in [-0.05, 0) is 24.5 Å². The lowest BCUT2D eigenvalue weighted by atomic mass is 10.2. The zero-order valence-corrected chi connectivity index (χ0v) is 13.7. The highest BCUT2D eigenvalue weighted by Crippen LogP contribution is 2.37. The van der Waals surface area contributed by atoms with Gasteiger partial charge in [-0.2, -0.15) is 0 Å². The average molecular weight is 348 g/mol. The molecular weight excluding hydrogens is 333 g/mol. The Bertz CT molecular complexity index is 684. The Kier molecular flexibility index (Phi) is 5.18. The van der Waals surface area contributed by atoms with Gasteiger partial charge >= 0.3 is 0 Å². The molecule has 0 bridgehead atoms.